The van der Waals surface area contributed by atoms with Gasteiger partial charge in [0.25, 0.3) is 0 Å². The zero-order valence-corrected chi connectivity index (χ0v) is 20.8. The van der Waals surface area contributed by atoms with Crippen LogP contribution in [0.15, 0.2) is 48.7 Å². The zero-order valence-electron chi connectivity index (χ0n) is 20.8. The molecule has 0 aliphatic carbocycles. The van der Waals surface area contributed by atoms with Crippen LogP contribution in [0.5, 0.6) is 0 Å². The third-order valence-corrected chi connectivity index (χ3v) is 7.76. The van der Waals surface area contributed by atoms with Crippen molar-refractivity contribution in [1.82, 2.24) is 14.8 Å². The van der Waals surface area contributed by atoms with Crippen LogP contribution in [0, 0.1) is 17.1 Å². The molecule has 1 amide bonds. The number of nitrogens with zero attached hydrogens (tertiary/aromatic N) is 4. The summed E-state index contributed by atoms with van der Waals surface area (Å²) in [4.78, 5) is 23.2. The van der Waals surface area contributed by atoms with E-state index in [1.807, 2.05) is 23.1 Å². The van der Waals surface area contributed by atoms with Crippen molar-refractivity contribution in [2.45, 2.75) is 38.0 Å². The Morgan fingerprint density at radius 2 is 1.78 bits per heavy atom. The summed E-state index contributed by atoms with van der Waals surface area (Å²) >= 11 is 0. The Morgan fingerprint density at radius 3 is 2.50 bits per heavy atom. The molecule has 7 heteroatoms. The molecule has 36 heavy (non-hydrogen) atoms. The number of carbonyl (C=O) groups is 1. The van der Waals surface area contributed by atoms with E-state index in [0.717, 1.165) is 75.0 Å². The third kappa shape index (κ3) is 5.61. The van der Waals surface area contributed by atoms with Crippen LogP contribution in [-0.4, -0.2) is 66.5 Å². The molecule has 188 valence electrons. The van der Waals surface area contributed by atoms with Gasteiger partial charge in [-0.05, 0) is 106 Å². The number of rotatable bonds is 7. The van der Waals surface area contributed by atoms with Gasteiger partial charge in [0.05, 0.1) is 18.2 Å². The van der Waals surface area contributed by atoms with Crippen LogP contribution >= 0.6 is 0 Å². The van der Waals surface area contributed by atoms with Crippen molar-refractivity contribution < 1.29 is 9.18 Å². The average Bonchev–Trinajstić information content (AvgIpc) is 3.34. The van der Waals surface area contributed by atoms with E-state index >= 15 is 0 Å². The summed E-state index contributed by atoms with van der Waals surface area (Å²) in [7, 11) is 0. The Labute approximate surface area is 212 Å². The quantitative estimate of drug-likeness (QED) is 0.516. The van der Waals surface area contributed by atoms with Gasteiger partial charge < -0.3 is 14.8 Å². The summed E-state index contributed by atoms with van der Waals surface area (Å²) in [5.41, 5.74) is 3.83. The fourth-order valence-corrected chi connectivity index (χ4v) is 5.67. The van der Waals surface area contributed by atoms with Crippen LogP contribution < -0.4 is 4.90 Å². The number of nitrogens with one attached hydrogen (secondary N) is 1. The molecule has 3 aromatic rings. The first-order valence-electron chi connectivity index (χ1n) is 13.1. The van der Waals surface area contributed by atoms with Crippen LogP contribution in [0.1, 0.15) is 49.1 Å². The van der Waals surface area contributed by atoms with Gasteiger partial charge in [0.15, 0.2) is 0 Å². The number of anilines is 1. The molecule has 0 atom stereocenters. The second kappa shape index (κ2) is 11.2. The van der Waals surface area contributed by atoms with E-state index in [4.69, 9.17) is 0 Å². The number of nitriles is 1. The van der Waals surface area contributed by atoms with Gasteiger partial charge in [0.1, 0.15) is 5.82 Å². The Kier molecular flexibility index (Phi) is 7.64. The van der Waals surface area contributed by atoms with Gasteiger partial charge in [-0.2, -0.15) is 5.26 Å². The van der Waals surface area contributed by atoms with Crippen molar-refractivity contribution in [2.24, 2.45) is 0 Å². The highest BCUT2D eigenvalue weighted by Crippen LogP contribution is 2.33. The van der Waals surface area contributed by atoms with E-state index in [1.54, 1.807) is 12.1 Å². The van der Waals surface area contributed by atoms with Crippen molar-refractivity contribution in [3.05, 3.63) is 65.6 Å². The maximum absolute atomic E-state index is 13.6. The molecule has 0 spiro atoms. The van der Waals surface area contributed by atoms with Gasteiger partial charge in [0.2, 0.25) is 5.91 Å². The molecule has 0 radical (unpaired) electrons. The number of hydrogen-bond donors (Lipinski definition) is 1. The van der Waals surface area contributed by atoms with Crippen molar-refractivity contribution >= 4 is 22.5 Å². The lowest BCUT2D eigenvalue weighted by atomic mass is 9.89. The number of fused-ring (bicyclic) bond motifs is 1. The second-order valence-corrected chi connectivity index (χ2v) is 10.1. The van der Waals surface area contributed by atoms with E-state index in [1.165, 1.54) is 24.1 Å². The summed E-state index contributed by atoms with van der Waals surface area (Å²) in [5, 5.41) is 10.4. The fraction of sp³-hybridized carbons (Fsp3) is 0.448. The lowest BCUT2D eigenvalue weighted by molar-refractivity contribution is -0.120. The van der Waals surface area contributed by atoms with Crippen LogP contribution in [0.3, 0.4) is 0 Å². The topological polar surface area (TPSA) is 66.4 Å². The first kappa shape index (κ1) is 24.5. The molecular formula is C29H34FN5O. The lowest BCUT2D eigenvalue weighted by Crippen LogP contribution is -2.46. The van der Waals surface area contributed by atoms with Crippen LogP contribution in [-0.2, 0) is 4.79 Å². The van der Waals surface area contributed by atoms with Crippen LogP contribution in [0.2, 0.25) is 0 Å². The highest BCUT2D eigenvalue weighted by molar-refractivity contribution is 5.94. The second-order valence-electron chi connectivity index (χ2n) is 10.1. The number of halogens is 1. The monoisotopic (exact) mass is 487 g/mol. The molecular weight excluding hydrogens is 453 g/mol. The van der Waals surface area contributed by atoms with Gasteiger partial charge in [-0.25, -0.2) is 4.39 Å². The zero-order chi connectivity index (χ0) is 24.9. The summed E-state index contributed by atoms with van der Waals surface area (Å²) < 4.78 is 13.6. The molecule has 2 fully saturated rings. The third-order valence-electron chi connectivity index (χ3n) is 7.76. The molecule has 0 bridgehead atoms. The number of carbonyl (C=O) groups excluding carboxylic acids is 1. The molecule has 2 aliphatic heterocycles. The van der Waals surface area contributed by atoms with Gasteiger partial charge >= 0.3 is 0 Å². The number of aromatic nitrogens is 1. The van der Waals surface area contributed by atoms with Crippen molar-refractivity contribution in [3.8, 4) is 6.07 Å². The van der Waals surface area contributed by atoms with E-state index < -0.39 is 0 Å². The van der Waals surface area contributed by atoms with Gasteiger partial charge in [-0.15, -0.1) is 0 Å². The normalized spacial score (nSPS) is 17.8. The molecule has 0 saturated carbocycles. The summed E-state index contributed by atoms with van der Waals surface area (Å²) in [5.74, 6) is 0.256. The van der Waals surface area contributed by atoms with E-state index in [-0.39, 0.29) is 11.7 Å². The van der Waals surface area contributed by atoms with E-state index in [2.05, 4.69) is 27.0 Å². The van der Waals surface area contributed by atoms with E-state index in [0.29, 0.717) is 24.6 Å². The summed E-state index contributed by atoms with van der Waals surface area (Å²) in [6, 6.07) is 14.4. The van der Waals surface area contributed by atoms with Crippen LogP contribution in [0.4, 0.5) is 10.1 Å². The van der Waals surface area contributed by atoms with Gasteiger partial charge in [-0.1, -0.05) is 6.42 Å². The Bertz CT molecular complexity index is 1220. The molecule has 6 nitrogen and oxygen atoms in total. The molecule has 1 aromatic heterocycles. The molecule has 5 rings (SSSR count). The van der Waals surface area contributed by atoms with Crippen molar-refractivity contribution in [2.75, 3.05) is 50.7 Å². The molecule has 2 aromatic carbocycles. The minimum absolute atomic E-state index is 0.0884. The average molecular weight is 488 g/mol. The van der Waals surface area contributed by atoms with Gasteiger partial charge in [0, 0.05) is 35.9 Å². The number of aromatic amines is 1. The summed E-state index contributed by atoms with van der Waals surface area (Å²) in [6.07, 6.45) is 7.71. The highest BCUT2D eigenvalue weighted by atomic mass is 19.1. The number of likely N-dealkylation sites (tertiary alicyclic amines) is 2. The maximum atomic E-state index is 13.6. The molecule has 2 aliphatic rings. The van der Waals surface area contributed by atoms with Crippen molar-refractivity contribution in [1.29, 1.82) is 5.26 Å². The fourth-order valence-electron chi connectivity index (χ4n) is 5.67. The summed E-state index contributed by atoms with van der Waals surface area (Å²) in [6.45, 7) is 5.69. The minimum Gasteiger partial charge on any atom is -0.361 e. The van der Waals surface area contributed by atoms with Crippen molar-refractivity contribution in [3.63, 3.8) is 0 Å². The predicted octanol–water partition coefficient (Wildman–Crippen LogP) is 4.88. The number of benzene rings is 2. The smallest absolute Gasteiger partial charge is 0.241 e. The number of piperidine rings is 2. The Balaban J connectivity index is 1.21. The number of hydrogen-bond acceptors (Lipinski definition) is 4. The first-order valence-corrected chi connectivity index (χ1v) is 13.1. The molecule has 0 unspecified atom stereocenters. The minimum atomic E-state index is -0.288. The lowest BCUT2D eigenvalue weighted by Gasteiger charge is -2.34. The predicted molar refractivity (Wildman–Crippen MR) is 140 cm³/mol. The standard InChI is InChI=1S/C29H34FN5O/c30-24-5-7-25(8-6-24)35(29(36)21-34-12-2-1-3-13-34)17-16-33-14-10-23(11-15-33)27-20-32-28-9-4-22(19-31)18-26(27)28/h4-9,18,20,23,32H,1-3,10-17,21H2. The highest BCUT2D eigenvalue weighted by Gasteiger charge is 2.25. The first-order chi connectivity index (χ1) is 17.6. The Hall–Kier alpha value is -3.21. The van der Waals surface area contributed by atoms with Gasteiger partial charge in [-0.3, -0.25) is 9.69 Å². The Morgan fingerprint density at radius 1 is 1.03 bits per heavy atom. The number of H-pyrrole nitrogens is 1. The maximum Gasteiger partial charge on any atom is 0.241 e. The molecule has 2 saturated heterocycles. The largest absolute Gasteiger partial charge is 0.361 e. The van der Waals surface area contributed by atoms with Crippen LogP contribution in [0.25, 0.3) is 10.9 Å². The number of amides is 1. The SMILES string of the molecule is N#Cc1ccc2[nH]cc(C3CCN(CCN(C(=O)CN4CCCCC4)c4ccc(F)cc4)CC3)c2c1. The van der Waals surface area contributed by atoms with E-state index in [9.17, 15) is 14.4 Å². The molecule has 1 N–H and O–H groups in total. The molecule has 3 heterocycles.